The number of nitrogens with zero attached hydrogens (tertiary/aromatic N) is 1. The third-order valence-corrected chi connectivity index (χ3v) is 4.78. The maximum atomic E-state index is 3.68. The van der Waals surface area contributed by atoms with Crippen molar-refractivity contribution < 1.29 is 0 Å². The predicted octanol–water partition coefficient (Wildman–Crippen LogP) is 3.18. The maximum Gasteiger partial charge on any atom is 0.0221 e. The third kappa shape index (κ3) is 3.07. The van der Waals surface area contributed by atoms with E-state index in [0.29, 0.717) is 0 Å². The summed E-state index contributed by atoms with van der Waals surface area (Å²) < 4.78 is 0. The van der Waals surface area contributed by atoms with Crippen molar-refractivity contribution in [3.05, 3.63) is 35.4 Å². The zero-order valence-electron chi connectivity index (χ0n) is 13.2. The Bertz CT molecular complexity index is 461. The van der Waals surface area contributed by atoms with Gasteiger partial charge in [-0.15, -0.1) is 0 Å². The fourth-order valence-corrected chi connectivity index (χ4v) is 3.60. The van der Waals surface area contributed by atoms with Crippen molar-refractivity contribution in [1.29, 1.82) is 0 Å². The van der Waals surface area contributed by atoms with E-state index < -0.39 is 0 Å². The average Bonchev–Trinajstić information content (AvgIpc) is 2.80. The Morgan fingerprint density at radius 1 is 1.25 bits per heavy atom. The average molecular weight is 272 g/mol. The van der Waals surface area contributed by atoms with E-state index in [2.05, 4.69) is 55.3 Å². The lowest BCUT2D eigenvalue weighted by atomic mass is 9.77. The van der Waals surface area contributed by atoms with Crippen LogP contribution in [0.1, 0.15) is 50.7 Å². The summed E-state index contributed by atoms with van der Waals surface area (Å²) in [5.41, 5.74) is 3.40. The molecule has 0 saturated carbocycles. The number of benzene rings is 1. The lowest BCUT2D eigenvalue weighted by Crippen LogP contribution is -2.46. The summed E-state index contributed by atoms with van der Waals surface area (Å²) in [7, 11) is 0. The van der Waals surface area contributed by atoms with Gasteiger partial charge in [-0.25, -0.2) is 0 Å². The monoisotopic (exact) mass is 272 g/mol. The smallest absolute Gasteiger partial charge is 0.0221 e. The van der Waals surface area contributed by atoms with Crippen LogP contribution in [-0.2, 0) is 6.42 Å². The molecule has 1 aromatic carbocycles. The number of hydrogen-bond acceptors (Lipinski definition) is 2. The normalized spacial score (nSPS) is 26.4. The van der Waals surface area contributed by atoms with E-state index in [4.69, 9.17) is 0 Å². The second-order valence-corrected chi connectivity index (χ2v) is 7.52. The van der Waals surface area contributed by atoms with Crippen molar-refractivity contribution in [1.82, 2.24) is 10.2 Å². The van der Waals surface area contributed by atoms with Gasteiger partial charge in [0.2, 0.25) is 0 Å². The van der Waals surface area contributed by atoms with Gasteiger partial charge < -0.3 is 5.32 Å². The first-order chi connectivity index (χ1) is 9.53. The van der Waals surface area contributed by atoms with Gasteiger partial charge in [-0.1, -0.05) is 24.3 Å². The van der Waals surface area contributed by atoms with Crippen LogP contribution in [0, 0.1) is 0 Å². The molecule has 1 aliphatic heterocycles. The number of rotatable bonds is 4. The van der Waals surface area contributed by atoms with E-state index in [1.54, 1.807) is 11.1 Å². The lowest BCUT2D eigenvalue weighted by molar-refractivity contribution is 0.214. The zero-order valence-corrected chi connectivity index (χ0v) is 13.2. The number of fused-ring (bicyclic) bond motifs is 1. The fourth-order valence-electron chi connectivity index (χ4n) is 3.60. The fraction of sp³-hybridized carbons (Fsp3) is 0.667. The van der Waals surface area contributed by atoms with E-state index in [-0.39, 0.29) is 5.54 Å². The molecule has 1 heterocycles. The Balaban J connectivity index is 1.55. The quantitative estimate of drug-likeness (QED) is 0.905. The molecule has 110 valence electrons. The summed E-state index contributed by atoms with van der Waals surface area (Å²) in [6.07, 6.45) is 4.01. The van der Waals surface area contributed by atoms with Crippen LogP contribution >= 0.6 is 0 Å². The van der Waals surface area contributed by atoms with Crippen molar-refractivity contribution >= 4 is 0 Å². The highest BCUT2D eigenvalue weighted by atomic mass is 15.2. The number of nitrogens with one attached hydrogen (secondary N) is 1. The number of hydrogen-bond donors (Lipinski definition) is 1. The van der Waals surface area contributed by atoms with Crippen molar-refractivity contribution in [2.24, 2.45) is 0 Å². The molecule has 1 aliphatic carbocycles. The highest BCUT2D eigenvalue weighted by molar-refractivity contribution is 5.40. The summed E-state index contributed by atoms with van der Waals surface area (Å²) in [6.45, 7) is 10.5. The first-order valence-electron chi connectivity index (χ1n) is 8.10. The Kier molecular flexibility index (Phi) is 3.87. The van der Waals surface area contributed by atoms with Crippen LogP contribution in [-0.4, -0.2) is 36.1 Å². The van der Waals surface area contributed by atoms with Gasteiger partial charge in [0, 0.05) is 30.6 Å². The minimum absolute atomic E-state index is 0.233. The van der Waals surface area contributed by atoms with Crippen LogP contribution in [0.4, 0.5) is 0 Å². The summed E-state index contributed by atoms with van der Waals surface area (Å²) in [5.74, 6) is 0.779. The standard InChI is InChI=1S/C18H28N2/c1-18(2,3)19-12-16-8-6-10-20(16)13-15-11-14-7-4-5-9-17(14)15/h4-5,7,9,15-16,19H,6,8,10-13H2,1-3H3. The van der Waals surface area contributed by atoms with Crippen LogP contribution in [0.2, 0.25) is 0 Å². The van der Waals surface area contributed by atoms with Gasteiger partial charge in [-0.2, -0.15) is 0 Å². The molecule has 1 saturated heterocycles. The molecule has 2 nitrogen and oxygen atoms in total. The van der Waals surface area contributed by atoms with Crippen molar-refractivity contribution in [3.8, 4) is 0 Å². The molecule has 2 aliphatic rings. The molecular formula is C18H28N2. The van der Waals surface area contributed by atoms with Crippen LogP contribution < -0.4 is 5.32 Å². The topological polar surface area (TPSA) is 15.3 Å². The highest BCUT2D eigenvalue weighted by Gasteiger charge is 2.32. The Morgan fingerprint density at radius 2 is 2.05 bits per heavy atom. The molecule has 1 aromatic rings. The molecular weight excluding hydrogens is 244 g/mol. The molecule has 20 heavy (non-hydrogen) atoms. The lowest BCUT2D eigenvalue weighted by Gasteiger charge is -2.36. The van der Waals surface area contributed by atoms with Gasteiger partial charge >= 0.3 is 0 Å². The van der Waals surface area contributed by atoms with Gasteiger partial charge in [0.25, 0.3) is 0 Å². The molecule has 2 atom stereocenters. The van der Waals surface area contributed by atoms with E-state index in [0.717, 1.165) is 18.5 Å². The molecule has 1 fully saturated rings. The highest BCUT2D eigenvalue weighted by Crippen LogP contribution is 2.36. The molecule has 2 heteroatoms. The van der Waals surface area contributed by atoms with Gasteiger partial charge in [-0.3, -0.25) is 4.90 Å². The molecule has 3 rings (SSSR count). The van der Waals surface area contributed by atoms with Gasteiger partial charge in [0.1, 0.15) is 0 Å². The Labute approximate surface area is 123 Å². The van der Waals surface area contributed by atoms with E-state index >= 15 is 0 Å². The maximum absolute atomic E-state index is 3.68. The van der Waals surface area contributed by atoms with Crippen molar-refractivity contribution in [2.45, 2.75) is 57.5 Å². The first kappa shape index (κ1) is 14.1. The molecule has 0 spiro atoms. The minimum atomic E-state index is 0.233. The Hall–Kier alpha value is -0.860. The van der Waals surface area contributed by atoms with Crippen LogP contribution in [0.15, 0.2) is 24.3 Å². The Morgan fingerprint density at radius 3 is 2.80 bits per heavy atom. The molecule has 1 N–H and O–H groups in total. The second-order valence-electron chi connectivity index (χ2n) is 7.52. The van der Waals surface area contributed by atoms with E-state index in [1.807, 2.05) is 0 Å². The summed E-state index contributed by atoms with van der Waals surface area (Å²) >= 11 is 0. The number of likely N-dealkylation sites (tertiary alicyclic amines) is 1. The molecule has 0 bridgehead atoms. The molecule has 0 amide bonds. The van der Waals surface area contributed by atoms with Gasteiger partial charge in [0.15, 0.2) is 0 Å². The molecule has 0 radical (unpaired) electrons. The van der Waals surface area contributed by atoms with Crippen molar-refractivity contribution in [3.63, 3.8) is 0 Å². The van der Waals surface area contributed by atoms with E-state index in [9.17, 15) is 0 Å². The SMILES string of the molecule is CC(C)(C)NCC1CCCN1CC1Cc2ccccc21. The summed E-state index contributed by atoms with van der Waals surface area (Å²) in [5, 5.41) is 3.68. The van der Waals surface area contributed by atoms with Crippen LogP contribution in [0.5, 0.6) is 0 Å². The van der Waals surface area contributed by atoms with Gasteiger partial charge in [0.05, 0.1) is 0 Å². The van der Waals surface area contributed by atoms with Gasteiger partial charge in [-0.05, 0) is 57.7 Å². The molecule has 2 unspecified atom stereocenters. The third-order valence-electron chi connectivity index (χ3n) is 4.78. The van der Waals surface area contributed by atoms with Crippen LogP contribution in [0.25, 0.3) is 0 Å². The predicted molar refractivity (Wildman–Crippen MR) is 85.2 cm³/mol. The van der Waals surface area contributed by atoms with Crippen molar-refractivity contribution in [2.75, 3.05) is 19.6 Å². The first-order valence-corrected chi connectivity index (χ1v) is 8.10. The summed E-state index contributed by atoms with van der Waals surface area (Å²) in [4.78, 5) is 2.72. The zero-order chi connectivity index (χ0) is 14.2. The largest absolute Gasteiger partial charge is 0.311 e. The molecule has 0 aromatic heterocycles. The summed E-state index contributed by atoms with van der Waals surface area (Å²) in [6, 6.07) is 9.70. The van der Waals surface area contributed by atoms with E-state index in [1.165, 1.54) is 32.4 Å². The minimum Gasteiger partial charge on any atom is -0.311 e. The second kappa shape index (κ2) is 5.50. The van der Waals surface area contributed by atoms with Crippen LogP contribution in [0.3, 0.4) is 0 Å².